The van der Waals surface area contributed by atoms with Gasteiger partial charge in [-0.05, 0) is 0 Å². The van der Waals surface area contributed by atoms with E-state index in [2.05, 4.69) is 0 Å². The van der Waals surface area contributed by atoms with Gasteiger partial charge >= 0.3 is 11.8 Å². The monoisotopic (exact) mass is 232 g/mol. The minimum absolute atomic E-state index is 4.41. The molecule has 0 saturated heterocycles. The Balaban J connectivity index is 4.93. The standard InChI is InChI=1S/C5H4F8O/c6-1(2(7)8)4(10,11)5(12,13)3(9)14/h1-3,14H. The fourth-order valence-electron chi connectivity index (χ4n) is 0.501. The van der Waals surface area contributed by atoms with Crippen molar-refractivity contribution in [1.82, 2.24) is 0 Å². The van der Waals surface area contributed by atoms with Crippen LogP contribution in [0.1, 0.15) is 0 Å². The molecule has 86 valence electrons. The molecular formula is C5H4F8O. The van der Waals surface area contributed by atoms with Crippen LogP contribution in [0.4, 0.5) is 35.1 Å². The SMILES string of the molecule is OC(F)C(F)(F)C(F)(F)C(F)C(F)F. The fraction of sp³-hybridized carbons (Fsp3) is 1.00. The predicted octanol–water partition coefficient (Wildman–Crippen LogP) is 2.15. The minimum Gasteiger partial charge on any atom is -0.359 e. The third kappa shape index (κ3) is 2.07. The van der Waals surface area contributed by atoms with E-state index in [9.17, 15) is 35.1 Å². The van der Waals surface area contributed by atoms with Gasteiger partial charge in [0.25, 0.3) is 12.8 Å². The molecule has 0 saturated carbocycles. The lowest BCUT2D eigenvalue weighted by molar-refractivity contribution is -0.310. The van der Waals surface area contributed by atoms with Crippen LogP contribution in [-0.2, 0) is 0 Å². The maximum absolute atomic E-state index is 12.1. The van der Waals surface area contributed by atoms with Crippen molar-refractivity contribution >= 4 is 0 Å². The summed E-state index contributed by atoms with van der Waals surface area (Å²) in [6.07, 6.45) is -13.4. The Bertz CT molecular complexity index is 190. The van der Waals surface area contributed by atoms with Crippen LogP contribution in [0.2, 0.25) is 0 Å². The van der Waals surface area contributed by atoms with E-state index in [0.29, 0.717) is 0 Å². The summed E-state index contributed by atoms with van der Waals surface area (Å²) < 4.78 is 94.2. The molecule has 14 heavy (non-hydrogen) atoms. The van der Waals surface area contributed by atoms with E-state index in [1.54, 1.807) is 0 Å². The van der Waals surface area contributed by atoms with Gasteiger partial charge in [-0.2, -0.15) is 17.6 Å². The molecule has 0 aliphatic rings. The largest absolute Gasteiger partial charge is 0.367 e. The van der Waals surface area contributed by atoms with E-state index in [1.165, 1.54) is 0 Å². The first-order valence-electron chi connectivity index (χ1n) is 3.05. The van der Waals surface area contributed by atoms with E-state index < -0.39 is 30.8 Å². The normalized spacial score (nSPS) is 18.4. The van der Waals surface area contributed by atoms with Crippen molar-refractivity contribution in [2.75, 3.05) is 0 Å². The molecule has 2 unspecified atom stereocenters. The van der Waals surface area contributed by atoms with Crippen molar-refractivity contribution in [3.63, 3.8) is 0 Å². The van der Waals surface area contributed by atoms with Crippen LogP contribution in [0, 0.1) is 0 Å². The molecule has 0 bridgehead atoms. The van der Waals surface area contributed by atoms with Gasteiger partial charge < -0.3 is 5.11 Å². The molecule has 1 nitrogen and oxygen atoms in total. The first kappa shape index (κ1) is 13.4. The second-order valence-corrected chi connectivity index (χ2v) is 2.32. The zero-order chi connectivity index (χ0) is 11.7. The fourth-order valence-corrected chi connectivity index (χ4v) is 0.501. The number of alkyl halides is 8. The van der Waals surface area contributed by atoms with Crippen LogP contribution in [0.3, 0.4) is 0 Å². The molecule has 9 heteroatoms. The van der Waals surface area contributed by atoms with Crippen LogP contribution in [0.25, 0.3) is 0 Å². The van der Waals surface area contributed by atoms with E-state index in [0.717, 1.165) is 0 Å². The smallest absolute Gasteiger partial charge is 0.359 e. The van der Waals surface area contributed by atoms with Gasteiger partial charge in [-0.15, -0.1) is 0 Å². The topological polar surface area (TPSA) is 20.2 Å². The van der Waals surface area contributed by atoms with Crippen molar-refractivity contribution in [3.05, 3.63) is 0 Å². The molecule has 0 aromatic carbocycles. The lowest BCUT2D eigenvalue weighted by atomic mass is 10.1. The highest BCUT2D eigenvalue weighted by atomic mass is 19.3. The van der Waals surface area contributed by atoms with Crippen LogP contribution in [0.5, 0.6) is 0 Å². The maximum Gasteiger partial charge on any atom is 0.367 e. The Morgan fingerprint density at radius 3 is 1.36 bits per heavy atom. The molecule has 0 aliphatic carbocycles. The van der Waals surface area contributed by atoms with Crippen molar-refractivity contribution in [2.24, 2.45) is 0 Å². The van der Waals surface area contributed by atoms with Crippen LogP contribution in [0.15, 0.2) is 0 Å². The second kappa shape index (κ2) is 3.87. The van der Waals surface area contributed by atoms with Gasteiger partial charge in [-0.25, -0.2) is 17.6 Å². The Morgan fingerprint density at radius 2 is 1.14 bits per heavy atom. The zero-order valence-corrected chi connectivity index (χ0v) is 6.20. The number of aliphatic hydroxyl groups excluding tert-OH is 1. The lowest BCUT2D eigenvalue weighted by Gasteiger charge is -2.28. The van der Waals surface area contributed by atoms with Crippen LogP contribution < -0.4 is 0 Å². The Labute approximate surface area is 72.3 Å². The predicted molar refractivity (Wildman–Crippen MR) is 27.9 cm³/mol. The molecule has 0 aliphatic heterocycles. The summed E-state index contributed by atoms with van der Waals surface area (Å²) in [4.78, 5) is 0. The average molecular weight is 232 g/mol. The van der Waals surface area contributed by atoms with Gasteiger partial charge in [0.15, 0.2) is 0 Å². The average Bonchev–Trinajstić information content (AvgIpc) is 2.01. The second-order valence-electron chi connectivity index (χ2n) is 2.32. The highest BCUT2D eigenvalue weighted by Gasteiger charge is 2.68. The highest BCUT2D eigenvalue weighted by Crippen LogP contribution is 2.42. The van der Waals surface area contributed by atoms with Gasteiger partial charge in [-0.1, -0.05) is 0 Å². The molecule has 1 N–H and O–H groups in total. The third-order valence-corrected chi connectivity index (χ3v) is 1.31. The van der Waals surface area contributed by atoms with E-state index in [-0.39, 0.29) is 0 Å². The first-order valence-corrected chi connectivity index (χ1v) is 3.05. The molecule has 0 radical (unpaired) electrons. The summed E-state index contributed by atoms with van der Waals surface area (Å²) in [5, 5.41) is 7.54. The number of rotatable bonds is 4. The van der Waals surface area contributed by atoms with Gasteiger partial charge in [-0.3, -0.25) is 0 Å². The molecule has 0 amide bonds. The number of hydrogen-bond donors (Lipinski definition) is 1. The highest BCUT2D eigenvalue weighted by molar-refractivity contribution is 4.93. The van der Waals surface area contributed by atoms with Gasteiger partial charge in [0.2, 0.25) is 6.17 Å². The Morgan fingerprint density at radius 1 is 0.786 bits per heavy atom. The number of hydrogen-bond acceptors (Lipinski definition) is 1. The maximum atomic E-state index is 12.1. The van der Waals surface area contributed by atoms with Gasteiger partial charge in [0.1, 0.15) is 0 Å². The molecule has 0 aromatic rings. The van der Waals surface area contributed by atoms with Crippen LogP contribution >= 0.6 is 0 Å². The van der Waals surface area contributed by atoms with Crippen molar-refractivity contribution < 1.29 is 40.2 Å². The van der Waals surface area contributed by atoms with Crippen molar-refractivity contribution in [3.8, 4) is 0 Å². The summed E-state index contributed by atoms with van der Waals surface area (Å²) in [5.41, 5.74) is 0. The molecule has 0 spiro atoms. The Kier molecular flexibility index (Phi) is 3.71. The molecular weight excluding hydrogens is 228 g/mol. The van der Waals surface area contributed by atoms with E-state index in [4.69, 9.17) is 5.11 Å². The summed E-state index contributed by atoms with van der Waals surface area (Å²) >= 11 is 0. The molecule has 0 aromatic heterocycles. The quantitative estimate of drug-likeness (QED) is 0.736. The first-order chi connectivity index (χ1) is 6.05. The summed E-state index contributed by atoms with van der Waals surface area (Å²) in [5.74, 6) is -11.9. The minimum atomic E-state index is -5.98. The summed E-state index contributed by atoms with van der Waals surface area (Å²) in [7, 11) is 0. The van der Waals surface area contributed by atoms with Gasteiger partial charge in [0.05, 0.1) is 0 Å². The van der Waals surface area contributed by atoms with Gasteiger partial charge in [0, 0.05) is 0 Å². The molecule has 0 heterocycles. The molecule has 2 atom stereocenters. The Hall–Kier alpha value is -0.600. The van der Waals surface area contributed by atoms with Crippen LogP contribution in [-0.4, -0.2) is 35.9 Å². The number of halogens is 8. The van der Waals surface area contributed by atoms with E-state index >= 15 is 0 Å². The molecule has 0 rings (SSSR count). The summed E-state index contributed by atoms with van der Waals surface area (Å²) in [6, 6.07) is 0. The lowest BCUT2D eigenvalue weighted by Crippen LogP contribution is -2.55. The zero-order valence-electron chi connectivity index (χ0n) is 6.20. The third-order valence-electron chi connectivity index (χ3n) is 1.31. The van der Waals surface area contributed by atoms with Crippen molar-refractivity contribution in [2.45, 2.75) is 30.8 Å². The molecule has 0 fully saturated rings. The van der Waals surface area contributed by atoms with E-state index in [1.807, 2.05) is 0 Å². The summed E-state index contributed by atoms with van der Waals surface area (Å²) in [6.45, 7) is 0. The van der Waals surface area contributed by atoms with Crippen molar-refractivity contribution in [1.29, 1.82) is 0 Å². The number of aliphatic hydroxyl groups is 1.